The highest BCUT2D eigenvalue weighted by atomic mass is 79.9. The van der Waals surface area contributed by atoms with E-state index < -0.39 is 17.8 Å². The highest BCUT2D eigenvalue weighted by Crippen LogP contribution is 2.34. The molecule has 0 saturated heterocycles. The molecule has 0 fully saturated rings. The molecule has 1 atom stereocenters. The largest absolute Gasteiger partial charge is 0.416 e. The molecule has 0 spiro atoms. The van der Waals surface area contributed by atoms with Gasteiger partial charge in [-0.3, -0.25) is 0 Å². The van der Waals surface area contributed by atoms with Crippen LogP contribution in [0.3, 0.4) is 0 Å². The molecule has 7 heteroatoms. The predicted octanol–water partition coefficient (Wildman–Crippen LogP) is 3.93. The number of hydrogen-bond donors (Lipinski definition) is 1. The van der Waals surface area contributed by atoms with Gasteiger partial charge >= 0.3 is 6.18 Å². The number of rotatable bonds is 4. The molecule has 0 radical (unpaired) electrons. The van der Waals surface area contributed by atoms with Crippen molar-refractivity contribution in [2.45, 2.75) is 32.1 Å². The molecular weight excluding hydrogens is 347 g/mol. The van der Waals surface area contributed by atoms with Crippen molar-refractivity contribution in [1.29, 1.82) is 0 Å². The first-order valence-electron chi connectivity index (χ1n) is 6.45. The molecule has 0 aliphatic rings. The normalized spacial score (nSPS) is 13.4. The molecule has 21 heavy (non-hydrogen) atoms. The summed E-state index contributed by atoms with van der Waals surface area (Å²) < 4.78 is 40.8. The number of halogens is 4. The fourth-order valence-electron chi connectivity index (χ4n) is 2.13. The molecule has 114 valence electrons. The van der Waals surface area contributed by atoms with Gasteiger partial charge in [0.2, 0.25) is 0 Å². The van der Waals surface area contributed by atoms with Crippen molar-refractivity contribution in [3.05, 3.63) is 52.0 Å². The highest BCUT2D eigenvalue weighted by Gasteiger charge is 2.31. The Morgan fingerprint density at radius 1 is 1.38 bits per heavy atom. The summed E-state index contributed by atoms with van der Waals surface area (Å²) in [5, 5.41) is 0. The Bertz CT molecular complexity index is 622. The van der Waals surface area contributed by atoms with Crippen LogP contribution in [0, 0.1) is 0 Å². The van der Waals surface area contributed by atoms with Crippen LogP contribution in [-0.2, 0) is 19.1 Å². The van der Waals surface area contributed by atoms with Gasteiger partial charge in [-0.15, -0.1) is 0 Å². The molecule has 0 saturated carbocycles. The molecule has 1 aromatic heterocycles. The quantitative estimate of drug-likeness (QED) is 0.896. The van der Waals surface area contributed by atoms with Gasteiger partial charge in [-0.1, -0.05) is 15.9 Å². The second-order valence-electron chi connectivity index (χ2n) is 4.67. The van der Waals surface area contributed by atoms with Gasteiger partial charge in [0.15, 0.2) is 0 Å². The van der Waals surface area contributed by atoms with E-state index in [1.807, 2.05) is 17.7 Å². The van der Waals surface area contributed by atoms with E-state index in [1.165, 1.54) is 6.07 Å². The summed E-state index contributed by atoms with van der Waals surface area (Å²) in [7, 11) is 0. The van der Waals surface area contributed by atoms with Crippen molar-refractivity contribution < 1.29 is 13.2 Å². The summed E-state index contributed by atoms with van der Waals surface area (Å²) in [6, 6.07) is 2.94. The number of imidazole rings is 1. The molecule has 2 aromatic rings. The second kappa shape index (κ2) is 6.19. The van der Waals surface area contributed by atoms with Crippen LogP contribution in [0.25, 0.3) is 0 Å². The topological polar surface area (TPSA) is 43.8 Å². The zero-order valence-corrected chi connectivity index (χ0v) is 12.9. The zero-order chi connectivity index (χ0) is 15.6. The van der Waals surface area contributed by atoms with Crippen molar-refractivity contribution in [3.63, 3.8) is 0 Å². The van der Waals surface area contributed by atoms with Crippen LogP contribution in [0.15, 0.2) is 35.1 Å². The number of alkyl halides is 3. The third-order valence-electron chi connectivity index (χ3n) is 3.27. The van der Waals surface area contributed by atoms with Gasteiger partial charge in [-0.25, -0.2) is 4.98 Å². The molecule has 0 amide bonds. The van der Waals surface area contributed by atoms with Crippen LogP contribution in [0.2, 0.25) is 0 Å². The van der Waals surface area contributed by atoms with E-state index in [9.17, 15) is 13.2 Å². The Morgan fingerprint density at radius 2 is 2.10 bits per heavy atom. The third kappa shape index (κ3) is 3.65. The lowest BCUT2D eigenvalue weighted by atomic mass is 10.0. The van der Waals surface area contributed by atoms with Gasteiger partial charge in [0.1, 0.15) is 5.82 Å². The number of nitrogens with two attached hydrogens (primary N) is 1. The third-order valence-corrected chi connectivity index (χ3v) is 3.99. The second-order valence-corrected chi connectivity index (χ2v) is 5.53. The molecule has 0 bridgehead atoms. The number of aromatic nitrogens is 2. The number of nitrogens with zero attached hydrogens (tertiary/aromatic N) is 2. The summed E-state index contributed by atoms with van der Waals surface area (Å²) >= 11 is 3.26. The molecule has 2 N–H and O–H groups in total. The van der Waals surface area contributed by atoms with Crippen molar-refractivity contribution in [3.8, 4) is 0 Å². The van der Waals surface area contributed by atoms with Gasteiger partial charge in [0.05, 0.1) is 5.56 Å². The van der Waals surface area contributed by atoms with E-state index in [-0.39, 0.29) is 0 Å². The molecule has 3 nitrogen and oxygen atoms in total. The van der Waals surface area contributed by atoms with Gasteiger partial charge in [-0.2, -0.15) is 13.2 Å². The van der Waals surface area contributed by atoms with Crippen LogP contribution >= 0.6 is 15.9 Å². The molecule has 1 unspecified atom stereocenters. The van der Waals surface area contributed by atoms with Crippen LogP contribution in [0.1, 0.15) is 29.9 Å². The Labute approximate surface area is 129 Å². The number of benzene rings is 1. The monoisotopic (exact) mass is 361 g/mol. The maximum atomic E-state index is 12.8. The van der Waals surface area contributed by atoms with E-state index in [1.54, 1.807) is 6.20 Å². The van der Waals surface area contributed by atoms with E-state index in [4.69, 9.17) is 5.73 Å². The van der Waals surface area contributed by atoms with Crippen LogP contribution in [-0.4, -0.2) is 9.55 Å². The minimum Gasteiger partial charge on any atom is -0.335 e. The number of hydrogen-bond acceptors (Lipinski definition) is 2. The van der Waals surface area contributed by atoms with E-state index >= 15 is 0 Å². The lowest BCUT2D eigenvalue weighted by Gasteiger charge is -2.16. The minimum absolute atomic E-state index is 0.376. The van der Waals surface area contributed by atoms with E-state index in [0.717, 1.165) is 24.5 Å². The molecular formula is C14H15BrF3N3. The van der Waals surface area contributed by atoms with Crippen molar-refractivity contribution in [2.75, 3.05) is 0 Å². The Morgan fingerprint density at radius 3 is 2.71 bits per heavy atom. The van der Waals surface area contributed by atoms with Gasteiger partial charge in [-0.05, 0) is 30.7 Å². The SMILES string of the molecule is CCn1ccnc1CC(N)c1cc(C(F)(F)F)ccc1Br. The maximum absolute atomic E-state index is 12.8. The smallest absolute Gasteiger partial charge is 0.335 e. The lowest BCUT2D eigenvalue weighted by Crippen LogP contribution is -2.18. The molecule has 1 aromatic carbocycles. The molecule has 2 rings (SSSR count). The Balaban J connectivity index is 2.28. The molecule has 1 heterocycles. The van der Waals surface area contributed by atoms with Crippen molar-refractivity contribution in [1.82, 2.24) is 9.55 Å². The van der Waals surface area contributed by atoms with Crippen molar-refractivity contribution >= 4 is 15.9 Å². The summed E-state index contributed by atoms with van der Waals surface area (Å²) in [5.74, 6) is 0.759. The first kappa shape index (κ1) is 16.0. The highest BCUT2D eigenvalue weighted by molar-refractivity contribution is 9.10. The number of aryl methyl sites for hydroxylation is 1. The fourth-order valence-corrected chi connectivity index (χ4v) is 2.67. The van der Waals surface area contributed by atoms with Gasteiger partial charge < -0.3 is 10.3 Å². The summed E-state index contributed by atoms with van der Waals surface area (Å²) in [6.45, 7) is 2.71. The maximum Gasteiger partial charge on any atom is 0.416 e. The Kier molecular flexibility index (Phi) is 4.73. The first-order chi connectivity index (χ1) is 9.82. The average Bonchev–Trinajstić information content (AvgIpc) is 2.84. The lowest BCUT2D eigenvalue weighted by molar-refractivity contribution is -0.137. The van der Waals surface area contributed by atoms with Gasteiger partial charge in [0, 0.05) is 35.9 Å². The minimum atomic E-state index is -4.38. The standard InChI is InChI=1S/C14H15BrF3N3/c1-2-21-6-5-20-13(21)8-12(19)10-7-9(14(16,17)18)3-4-11(10)15/h3-7,12H,2,8,19H2,1H3. The summed E-state index contributed by atoms with van der Waals surface area (Å²) in [5.41, 5.74) is 5.80. The molecule has 0 aliphatic heterocycles. The fraction of sp³-hybridized carbons (Fsp3) is 0.357. The molecule has 0 aliphatic carbocycles. The van der Waals surface area contributed by atoms with E-state index in [0.29, 0.717) is 16.5 Å². The average molecular weight is 362 g/mol. The zero-order valence-electron chi connectivity index (χ0n) is 11.4. The van der Waals surface area contributed by atoms with Crippen molar-refractivity contribution in [2.24, 2.45) is 5.73 Å². The Hall–Kier alpha value is -1.34. The van der Waals surface area contributed by atoms with E-state index in [2.05, 4.69) is 20.9 Å². The van der Waals surface area contributed by atoms with Crippen LogP contribution in [0.5, 0.6) is 0 Å². The van der Waals surface area contributed by atoms with Crippen LogP contribution < -0.4 is 5.73 Å². The summed E-state index contributed by atoms with van der Waals surface area (Å²) in [6.07, 6.45) is -0.520. The first-order valence-corrected chi connectivity index (χ1v) is 7.24. The van der Waals surface area contributed by atoms with Crippen LogP contribution in [0.4, 0.5) is 13.2 Å². The predicted molar refractivity (Wildman–Crippen MR) is 77.7 cm³/mol. The van der Waals surface area contributed by atoms with Gasteiger partial charge in [0.25, 0.3) is 0 Å². The summed E-state index contributed by atoms with van der Waals surface area (Å²) in [4.78, 5) is 4.20.